The number of carbonyl (C=O) groups is 2. The predicted octanol–water partition coefficient (Wildman–Crippen LogP) is 1.55. The Morgan fingerprint density at radius 1 is 1.24 bits per heavy atom. The third-order valence-electron chi connectivity index (χ3n) is 5.74. The summed E-state index contributed by atoms with van der Waals surface area (Å²) >= 11 is 0. The van der Waals surface area contributed by atoms with Crippen molar-refractivity contribution in [2.45, 2.75) is 69.7 Å². The van der Waals surface area contributed by atoms with Crippen LogP contribution in [0.15, 0.2) is 0 Å². The Balaban J connectivity index is 1.79. The number of nitrogens with one attached hydrogen (secondary N) is 1. The van der Waals surface area contributed by atoms with Crippen LogP contribution in [-0.4, -0.2) is 60.6 Å². The number of nitrogens with zero attached hydrogens (tertiary/aromatic N) is 2. The molecule has 3 rings (SSSR count). The summed E-state index contributed by atoms with van der Waals surface area (Å²) in [6, 6.07) is -0.438. The molecule has 0 bridgehead atoms. The molecule has 1 aliphatic heterocycles. The zero-order valence-electron chi connectivity index (χ0n) is 15.5. The fourth-order valence-electron chi connectivity index (χ4n) is 4.04. The Morgan fingerprint density at radius 3 is 2.44 bits per heavy atom. The molecule has 25 heavy (non-hydrogen) atoms. The van der Waals surface area contributed by atoms with E-state index in [-0.39, 0.29) is 23.5 Å². The fraction of sp³-hybridized carbons (Fsp3) is 0.882. The van der Waals surface area contributed by atoms with Gasteiger partial charge in [0.15, 0.2) is 0 Å². The van der Waals surface area contributed by atoms with Gasteiger partial charge >= 0.3 is 6.03 Å². The van der Waals surface area contributed by atoms with Crippen LogP contribution in [0.2, 0.25) is 0 Å². The van der Waals surface area contributed by atoms with Crippen molar-refractivity contribution < 1.29 is 18.0 Å². The zero-order valence-corrected chi connectivity index (χ0v) is 16.3. The maximum absolute atomic E-state index is 12.7. The number of hydrogen-bond donors (Lipinski definition) is 1. The number of fused-ring (bicyclic) bond motifs is 1. The van der Waals surface area contributed by atoms with Crippen molar-refractivity contribution in [1.82, 2.24) is 14.5 Å². The lowest BCUT2D eigenvalue weighted by atomic mass is 9.80. The molecule has 1 saturated heterocycles. The highest BCUT2D eigenvalue weighted by atomic mass is 32.2. The SMILES string of the molecule is CC(C)CN1C(=O)N(C)C(=O)C2CC(S(=O)(=O)NC3(C)CC3)CCC21. The molecule has 2 aliphatic carbocycles. The van der Waals surface area contributed by atoms with E-state index in [1.165, 1.54) is 7.05 Å². The van der Waals surface area contributed by atoms with E-state index < -0.39 is 21.2 Å². The molecule has 0 radical (unpaired) electrons. The van der Waals surface area contributed by atoms with Gasteiger partial charge in [-0.2, -0.15) is 0 Å². The van der Waals surface area contributed by atoms with E-state index in [1.54, 1.807) is 4.90 Å². The van der Waals surface area contributed by atoms with E-state index in [1.807, 2.05) is 20.8 Å². The van der Waals surface area contributed by atoms with Crippen LogP contribution in [0.3, 0.4) is 0 Å². The van der Waals surface area contributed by atoms with Crippen molar-refractivity contribution in [2.24, 2.45) is 11.8 Å². The van der Waals surface area contributed by atoms with Gasteiger partial charge in [-0.15, -0.1) is 0 Å². The second-order valence-electron chi connectivity index (χ2n) is 8.54. The zero-order chi connectivity index (χ0) is 18.6. The lowest BCUT2D eigenvalue weighted by Gasteiger charge is -2.47. The Hall–Kier alpha value is -1.15. The molecule has 0 aromatic carbocycles. The average Bonchev–Trinajstić information content (AvgIpc) is 3.24. The van der Waals surface area contributed by atoms with Crippen LogP contribution in [0.5, 0.6) is 0 Å². The quantitative estimate of drug-likeness (QED) is 0.794. The van der Waals surface area contributed by atoms with Crippen LogP contribution in [-0.2, 0) is 14.8 Å². The molecule has 8 heteroatoms. The van der Waals surface area contributed by atoms with Crippen molar-refractivity contribution in [3.8, 4) is 0 Å². The van der Waals surface area contributed by atoms with Crippen LogP contribution in [0.4, 0.5) is 4.79 Å². The number of rotatable bonds is 5. The first kappa shape index (κ1) is 18.6. The Morgan fingerprint density at radius 2 is 1.88 bits per heavy atom. The Kier molecular flexibility index (Phi) is 4.64. The van der Waals surface area contributed by atoms with Crippen molar-refractivity contribution in [2.75, 3.05) is 13.6 Å². The Bertz CT molecular complexity index is 671. The number of sulfonamides is 1. The van der Waals surface area contributed by atoms with E-state index in [0.29, 0.717) is 31.7 Å². The Labute approximate surface area is 150 Å². The fourth-order valence-corrected chi connectivity index (χ4v) is 6.00. The second-order valence-corrected chi connectivity index (χ2v) is 10.5. The molecule has 142 valence electrons. The third-order valence-corrected chi connectivity index (χ3v) is 7.82. The normalized spacial score (nSPS) is 32.1. The molecule has 0 aromatic rings. The lowest BCUT2D eigenvalue weighted by molar-refractivity contribution is -0.139. The van der Waals surface area contributed by atoms with Crippen LogP contribution in [0, 0.1) is 11.8 Å². The minimum absolute atomic E-state index is 0.179. The standard InChI is InChI=1S/C17H29N3O4S/c1-11(2)10-20-14-6-5-12(25(23,24)18-17(3)7-8-17)9-13(14)15(21)19(4)16(20)22/h11-14,18H,5-10H2,1-4H3. The van der Waals surface area contributed by atoms with E-state index >= 15 is 0 Å². The first-order chi connectivity index (χ1) is 11.5. The number of hydrogen-bond acceptors (Lipinski definition) is 4. The molecule has 0 aromatic heterocycles. The van der Waals surface area contributed by atoms with Crippen LogP contribution in [0.1, 0.15) is 52.9 Å². The van der Waals surface area contributed by atoms with Crippen molar-refractivity contribution >= 4 is 22.0 Å². The van der Waals surface area contributed by atoms with Gasteiger partial charge in [0.05, 0.1) is 11.2 Å². The summed E-state index contributed by atoms with van der Waals surface area (Å²) in [6.07, 6.45) is 3.07. The largest absolute Gasteiger partial charge is 0.326 e. The summed E-state index contributed by atoms with van der Waals surface area (Å²) in [4.78, 5) is 28.1. The van der Waals surface area contributed by atoms with E-state index in [0.717, 1.165) is 17.7 Å². The predicted molar refractivity (Wildman–Crippen MR) is 94.3 cm³/mol. The minimum Gasteiger partial charge on any atom is -0.320 e. The van der Waals surface area contributed by atoms with Crippen LogP contribution in [0.25, 0.3) is 0 Å². The molecule has 3 unspecified atom stereocenters. The molecule has 1 N–H and O–H groups in total. The summed E-state index contributed by atoms with van der Waals surface area (Å²) < 4.78 is 28.2. The van der Waals surface area contributed by atoms with Gasteiger partial charge in [-0.3, -0.25) is 9.69 Å². The van der Waals surface area contributed by atoms with Gasteiger partial charge in [-0.25, -0.2) is 17.9 Å². The van der Waals surface area contributed by atoms with Crippen molar-refractivity contribution in [3.63, 3.8) is 0 Å². The maximum atomic E-state index is 12.7. The lowest BCUT2D eigenvalue weighted by Crippen LogP contribution is -2.63. The summed E-state index contributed by atoms with van der Waals surface area (Å²) in [5.74, 6) is -0.375. The number of carbonyl (C=O) groups excluding carboxylic acids is 2. The first-order valence-corrected chi connectivity index (χ1v) is 10.7. The summed E-state index contributed by atoms with van der Waals surface area (Å²) in [7, 11) is -1.95. The molecular formula is C17H29N3O4S. The number of imide groups is 1. The summed E-state index contributed by atoms with van der Waals surface area (Å²) in [6.45, 7) is 6.58. The van der Waals surface area contributed by atoms with Gasteiger partial charge < -0.3 is 4.90 Å². The molecule has 1 heterocycles. The highest BCUT2D eigenvalue weighted by Gasteiger charge is 2.51. The topological polar surface area (TPSA) is 86.8 Å². The maximum Gasteiger partial charge on any atom is 0.326 e. The van der Waals surface area contributed by atoms with E-state index in [4.69, 9.17) is 0 Å². The van der Waals surface area contributed by atoms with Gasteiger partial charge in [0.2, 0.25) is 15.9 Å². The molecule has 0 spiro atoms. The third kappa shape index (κ3) is 3.56. The highest BCUT2D eigenvalue weighted by Crippen LogP contribution is 2.40. The van der Waals surface area contributed by atoms with E-state index in [2.05, 4.69) is 4.72 Å². The summed E-state index contributed by atoms with van der Waals surface area (Å²) in [5, 5.41) is -0.558. The highest BCUT2D eigenvalue weighted by molar-refractivity contribution is 7.90. The average molecular weight is 372 g/mol. The van der Waals surface area contributed by atoms with Gasteiger partial charge in [0.1, 0.15) is 0 Å². The van der Waals surface area contributed by atoms with Gasteiger partial charge in [-0.05, 0) is 44.9 Å². The second kappa shape index (κ2) is 6.23. The monoisotopic (exact) mass is 371 g/mol. The van der Waals surface area contributed by atoms with Crippen molar-refractivity contribution in [1.29, 1.82) is 0 Å². The number of urea groups is 1. The van der Waals surface area contributed by atoms with E-state index in [9.17, 15) is 18.0 Å². The van der Waals surface area contributed by atoms with Crippen LogP contribution < -0.4 is 4.72 Å². The molecular weight excluding hydrogens is 342 g/mol. The summed E-state index contributed by atoms with van der Waals surface area (Å²) in [5.41, 5.74) is -0.303. The molecule has 3 amide bonds. The molecule has 3 aliphatic rings. The van der Waals surface area contributed by atoms with Crippen molar-refractivity contribution in [3.05, 3.63) is 0 Å². The molecule has 7 nitrogen and oxygen atoms in total. The smallest absolute Gasteiger partial charge is 0.320 e. The van der Waals surface area contributed by atoms with Gasteiger partial charge in [0, 0.05) is 25.2 Å². The first-order valence-electron chi connectivity index (χ1n) is 9.15. The molecule has 2 saturated carbocycles. The van der Waals surface area contributed by atoms with Crippen LogP contribution >= 0.6 is 0 Å². The number of amides is 3. The van der Waals surface area contributed by atoms with Gasteiger partial charge in [-0.1, -0.05) is 13.8 Å². The minimum atomic E-state index is -3.45. The molecule has 3 atom stereocenters. The van der Waals surface area contributed by atoms with Gasteiger partial charge in [0.25, 0.3) is 0 Å². The molecule has 3 fully saturated rings.